The van der Waals surface area contributed by atoms with Gasteiger partial charge in [0, 0.05) is 42.1 Å². The number of nitrogens with two attached hydrogens (primary N) is 1. The lowest BCUT2D eigenvalue weighted by atomic mass is 9.73. The molecule has 4 aliphatic heterocycles. The second-order valence-corrected chi connectivity index (χ2v) is 11.4. The van der Waals surface area contributed by atoms with Crippen LogP contribution in [0.25, 0.3) is 0 Å². The van der Waals surface area contributed by atoms with Crippen LogP contribution >= 0.6 is 11.8 Å². The monoisotopic (exact) mass is 478 g/mol. The molecule has 0 spiro atoms. The predicted molar refractivity (Wildman–Crippen MR) is 124 cm³/mol. The number of ketones is 1. The lowest BCUT2D eigenvalue weighted by Crippen LogP contribution is -2.62. The zero-order valence-electron chi connectivity index (χ0n) is 19.5. The number of β-lactam (4-membered cyclic amide) rings is 1. The minimum atomic E-state index is -1.10. The first kappa shape index (κ1) is 24.2. The molecule has 0 aromatic rings. The molecule has 3 fully saturated rings. The van der Waals surface area contributed by atoms with Crippen LogP contribution in [-0.4, -0.2) is 82.0 Å². The summed E-state index contributed by atoms with van der Waals surface area (Å²) in [6.45, 7) is 8.02. The van der Waals surface area contributed by atoms with Gasteiger partial charge in [0.05, 0.1) is 18.0 Å². The largest absolute Gasteiger partial charge is 0.477 e. The number of Topliss-reactive ketones (excluding diaryl/α,β-unsaturated/α-hetero) is 1. The van der Waals surface area contributed by atoms with Crippen LogP contribution in [0.2, 0.25) is 0 Å². The molecule has 33 heavy (non-hydrogen) atoms. The van der Waals surface area contributed by atoms with E-state index < -0.39 is 5.97 Å². The quantitative estimate of drug-likeness (QED) is 0.433. The van der Waals surface area contributed by atoms with Crippen molar-refractivity contribution >= 4 is 35.3 Å². The average molecular weight is 479 g/mol. The van der Waals surface area contributed by atoms with Gasteiger partial charge in [-0.15, -0.1) is 11.8 Å². The Balaban J connectivity index is 1.43. The summed E-state index contributed by atoms with van der Waals surface area (Å²) in [6.07, 6.45) is 1.88. The zero-order chi connectivity index (χ0) is 24.0. The first-order valence-electron chi connectivity index (χ1n) is 11.8. The van der Waals surface area contributed by atoms with E-state index in [4.69, 9.17) is 5.73 Å². The molecular formula is C23H34N4O5S. The molecule has 10 heteroatoms. The molecule has 4 heterocycles. The molecule has 2 amide bonds. The lowest BCUT2D eigenvalue weighted by molar-refractivity contribution is -0.160. The minimum absolute atomic E-state index is 0.0314. The second-order valence-electron chi connectivity index (χ2n) is 10.0. The van der Waals surface area contributed by atoms with Crippen molar-refractivity contribution in [3.05, 3.63) is 10.6 Å². The molecule has 3 saturated heterocycles. The third-order valence-corrected chi connectivity index (χ3v) is 9.14. The maximum absolute atomic E-state index is 12.9. The highest BCUT2D eigenvalue weighted by Gasteiger charge is 2.60. The Morgan fingerprint density at radius 3 is 2.67 bits per heavy atom. The van der Waals surface area contributed by atoms with E-state index in [9.17, 15) is 24.3 Å². The fourth-order valence-electron chi connectivity index (χ4n) is 5.95. The highest BCUT2D eigenvalue weighted by molar-refractivity contribution is 8.03. The molecule has 0 aromatic carbocycles. The van der Waals surface area contributed by atoms with Crippen molar-refractivity contribution in [3.63, 3.8) is 0 Å². The van der Waals surface area contributed by atoms with E-state index in [0.717, 1.165) is 13.0 Å². The fraction of sp³-hybridized carbons (Fsp3) is 0.739. The van der Waals surface area contributed by atoms with Gasteiger partial charge in [-0.3, -0.25) is 9.59 Å². The predicted octanol–water partition coefficient (Wildman–Crippen LogP) is 0.645. The molecule has 4 N–H and O–H groups in total. The minimum Gasteiger partial charge on any atom is -0.477 e. The third-order valence-electron chi connectivity index (χ3n) is 7.63. The van der Waals surface area contributed by atoms with Gasteiger partial charge in [-0.25, -0.2) is 4.79 Å². The summed E-state index contributed by atoms with van der Waals surface area (Å²) in [5.41, 5.74) is 5.83. The van der Waals surface area contributed by atoms with Gasteiger partial charge in [-0.05, 0) is 38.1 Å². The van der Waals surface area contributed by atoms with Crippen LogP contribution in [-0.2, 0) is 19.2 Å². The summed E-state index contributed by atoms with van der Waals surface area (Å²) in [7, 11) is 0. The molecule has 0 radical (unpaired) electrons. The van der Waals surface area contributed by atoms with Crippen molar-refractivity contribution in [2.75, 3.05) is 26.2 Å². The number of fused-ring (bicyclic) bond motifs is 1. The van der Waals surface area contributed by atoms with E-state index in [1.54, 1.807) is 0 Å². The van der Waals surface area contributed by atoms with E-state index in [1.165, 1.54) is 23.6 Å². The van der Waals surface area contributed by atoms with Crippen LogP contribution in [0.5, 0.6) is 0 Å². The van der Waals surface area contributed by atoms with E-state index in [0.29, 0.717) is 43.3 Å². The van der Waals surface area contributed by atoms with Gasteiger partial charge in [0.1, 0.15) is 11.5 Å². The number of nitrogens with one attached hydrogen (secondary N) is 1. The molecule has 0 unspecified atom stereocenters. The topological polar surface area (TPSA) is 133 Å². The molecule has 182 valence electrons. The SMILES string of the molecule is CC(=O)C[C@H](C)[C@H]1C(=O)N2C(C(=O)O)=C(S[C@@H]3CN[C@H](C(=O)N4CC[C@@H](CN)C4)C3)[C@H](C)[C@H]12. The summed E-state index contributed by atoms with van der Waals surface area (Å²) in [6, 6.07) is -0.489. The number of carboxylic acids is 1. The first-order chi connectivity index (χ1) is 15.6. The second kappa shape index (κ2) is 9.38. The van der Waals surface area contributed by atoms with E-state index in [1.807, 2.05) is 18.7 Å². The smallest absolute Gasteiger partial charge is 0.353 e. The van der Waals surface area contributed by atoms with Crippen molar-refractivity contribution < 1.29 is 24.3 Å². The van der Waals surface area contributed by atoms with Crippen molar-refractivity contribution in [2.24, 2.45) is 29.4 Å². The van der Waals surface area contributed by atoms with Gasteiger partial charge >= 0.3 is 5.97 Å². The molecule has 0 aliphatic carbocycles. The fourth-order valence-corrected chi connectivity index (χ4v) is 7.43. The Hall–Kier alpha value is -1.91. The number of amides is 2. The summed E-state index contributed by atoms with van der Waals surface area (Å²) >= 11 is 1.49. The Kier molecular flexibility index (Phi) is 6.89. The van der Waals surface area contributed by atoms with Crippen molar-refractivity contribution in [2.45, 2.75) is 57.4 Å². The summed E-state index contributed by atoms with van der Waals surface area (Å²) < 4.78 is 0. The van der Waals surface area contributed by atoms with Crippen LogP contribution in [0.3, 0.4) is 0 Å². The highest BCUT2D eigenvalue weighted by Crippen LogP contribution is 2.53. The van der Waals surface area contributed by atoms with Crippen molar-refractivity contribution in [1.29, 1.82) is 0 Å². The number of aliphatic carboxylic acids is 1. The summed E-state index contributed by atoms with van der Waals surface area (Å²) in [5, 5.41) is 13.3. The molecule has 0 aromatic heterocycles. The molecule has 4 aliphatic rings. The first-order valence-corrected chi connectivity index (χ1v) is 12.7. The number of carbonyl (C=O) groups is 4. The number of hydrogen-bond donors (Lipinski definition) is 3. The third kappa shape index (κ3) is 4.33. The molecule has 0 saturated carbocycles. The maximum Gasteiger partial charge on any atom is 0.353 e. The Morgan fingerprint density at radius 1 is 1.33 bits per heavy atom. The van der Waals surface area contributed by atoms with Gasteiger partial charge < -0.3 is 30.8 Å². The molecular weight excluding hydrogens is 444 g/mol. The number of carbonyl (C=O) groups excluding carboxylic acids is 3. The number of hydrogen-bond acceptors (Lipinski definition) is 7. The number of likely N-dealkylation sites (tertiary alicyclic amines) is 1. The summed E-state index contributed by atoms with van der Waals surface area (Å²) in [4.78, 5) is 53.5. The van der Waals surface area contributed by atoms with Crippen LogP contribution in [0.15, 0.2) is 10.6 Å². The van der Waals surface area contributed by atoms with Gasteiger partial charge in [-0.2, -0.15) is 0 Å². The van der Waals surface area contributed by atoms with Gasteiger partial charge in [0.25, 0.3) is 0 Å². The van der Waals surface area contributed by atoms with Crippen molar-refractivity contribution in [3.8, 4) is 0 Å². The van der Waals surface area contributed by atoms with Gasteiger partial charge in [0.15, 0.2) is 0 Å². The Bertz CT molecular complexity index is 892. The van der Waals surface area contributed by atoms with Crippen LogP contribution in [0.1, 0.15) is 40.0 Å². The van der Waals surface area contributed by atoms with E-state index in [-0.39, 0.29) is 58.4 Å². The molecule has 0 bridgehead atoms. The molecule has 9 nitrogen and oxygen atoms in total. The van der Waals surface area contributed by atoms with E-state index >= 15 is 0 Å². The molecule has 4 rings (SSSR count). The number of thioether (sulfide) groups is 1. The van der Waals surface area contributed by atoms with Crippen LogP contribution < -0.4 is 11.1 Å². The highest BCUT2D eigenvalue weighted by atomic mass is 32.2. The Morgan fingerprint density at radius 2 is 2.06 bits per heavy atom. The van der Waals surface area contributed by atoms with E-state index in [2.05, 4.69) is 5.32 Å². The number of rotatable bonds is 8. The summed E-state index contributed by atoms with van der Waals surface area (Å²) in [5.74, 6) is -1.37. The van der Waals surface area contributed by atoms with Gasteiger partial charge in [0.2, 0.25) is 11.8 Å². The normalized spacial score (nSPS) is 34.5. The van der Waals surface area contributed by atoms with Crippen molar-refractivity contribution in [1.82, 2.24) is 15.1 Å². The average Bonchev–Trinajstić information content (AvgIpc) is 3.46. The van der Waals surface area contributed by atoms with Crippen LogP contribution in [0.4, 0.5) is 0 Å². The van der Waals surface area contributed by atoms with Gasteiger partial charge in [-0.1, -0.05) is 13.8 Å². The molecule has 7 atom stereocenters. The zero-order valence-corrected chi connectivity index (χ0v) is 20.3. The lowest BCUT2D eigenvalue weighted by Gasteiger charge is -2.47. The Labute approximate surface area is 198 Å². The van der Waals surface area contributed by atoms with Crippen LogP contribution in [0, 0.1) is 23.7 Å². The maximum atomic E-state index is 12.9. The number of nitrogens with zero attached hydrogens (tertiary/aromatic N) is 2. The standard InChI is InChI=1S/C23H34N4O5S/c1-11(6-12(2)28)17-18-13(3)20(19(23(31)32)27(18)22(17)30)33-15-7-16(25-9-15)21(29)26-5-4-14(8-24)10-26/h11,13-18,25H,4-10,24H2,1-3H3,(H,31,32)/t11-,13+,14-,15-,16-,17+,18+/m0/s1. The number of carboxylic acid groups (broad SMARTS) is 1.